The number of primary amides is 1. The fourth-order valence-corrected chi connectivity index (χ4v) is 2.55. The molecule has 1 aromatic heterocycles. The van der Waals surface area contributed by atoms with Gasteiger partial charge in [0.2, 0.25) is 5.91 Å². The van der Waals surface area contributed by atoms with Gasteiger partial charge >= 0.3 is 6.03 Å². The quantitative estimate of drug-likeness (QED) is 0.769. The largest absolute Gasteiger partial charge is 0.376 e. The van der Waals surface area contributed by atoms with E-state index in [1.807, 2.05) is 39.9 Å². The van der Waals surface area contributed by atoms with Gasteiger partial charge in [0.05, 0.1) is 23.6 Å². The molecule has 0 saturated heterocycles. The highest BCUT2D eigenvalue weighted by atomic mass is 16.2. The topological polar surface area (TPSA) is 105 Å². The van der Waals surface area contributed by atoms with E-state index < -0.39 is 5.91 Å². The molecule has 0 bridgehead atoms. The number of carbonyl (C=O) groups excluding carboxylic acids is 2. The summed E-state index contributed by atoms with van der Waals surface area (Å²) in [6.07, 6.45) is 1.74. The van der Waals surface area contributed by atoms with Crippen LogP contribution in [0.1, 0.15) is 34.6 Å². The number of anilines is 2. The van der Waals surface area contributed by atoms with Gasteiger partial charge in [0.1, 0.15) is 0 Å². The summed E-state index contributed by atoms with van der Waals surface area (Å²) in [5, 5.41) is 9.85. The van der Waals surface area contributed by atoms with Crippen LogP contribution in [0.2, 0.25) is 0 Å². The van der Waals surface area contributed by atoms with Crippen molar-refractivity contribution in [3.05, 3.63) is 41.2 Å². The Morgan fingerprint density at radius 2 is 2.00 bits per heavy atom. The van der Waals surface area contributed by atoms with Gasteiger partial charge in [-0.2, -0.15) is 5.10 Å². The van der Waals surface area contributed by atoms with Crippen molar-refractivity contribution in [2.75, 3.05) is 24.3 Å². The van der Waals surface area contributed by atoms with Gasteiger partial charge in [-0.15, -0.1) is 0 Å². The van der Waals surface area contributed by atoms with Gasteiger partial charge in [-0.3, -0.25) is 9.48 Å². The van der Waals surface area contributed by atoms with Crippen molar-refractivity contribution in [2.24, 2.45) is 12.8 Å². The third-order valence-corrected chi connectivity index (χ3v) is 4.10. The molecule has 25 heavy (non-hydrogen) atoms. The molecule has 1 aromatic carbocycles. The van der Waals surface area contributed by atoms with E-state index in [9.17, 15) is 9.59 Å². The first kappa shape index (κ1) is 18.3. The lowest BCUT2D eigenvalue weighted by Crippen LogP contribution is -2.32. The Labute approximate surface area is 147 Å². The number of nitrogens with one attached hydrogen (secondary N) is 2. The summed E-state index contributed by atoms with van der Waals surface area (Å²) in [5.74, 6) is -0.548. The van der Waals surface area contributed by atoms with E-state index in [2.05, 4.69) is 15.7 Å². The average molecular weight is 344 g/mol. The molecule has 4 N–H and O–H groups in total. The van der Waals surface area contributed by atoms with Crippen LogP contribution in [0.4, 0.5) is 16.2 Å². The summed E-state index contributed by atoms with van der Waals surface area (Å²) in [4.78, 5) is 25.6. The van der Waals surface area contributed by atoms with Gasteiger partial charge in [0.25, 0.3) is 0 Å². The van der Waals surface area contributed by atoms with Crippen LogP contribution in [0.15, 0.2) is 24.4 Å². The number of hydrogen-bond donors (Lipinski definition) is 3. The van der Waals surface area contributed by atoms with E-state index in [0.717, 1.165) is 16.9 Å². The van der Waals surface area contributed by atoms with Crippen molar-refractivity contribution in [3.63, 3.8) is 0 Å². The number of rotatable bonds is 5. The van der Waals surface area contributed by atoms with Crippen molar-refractivity contribution in [1.29, 1.82) is 0 Å². The molecular formula is C17H24N6O2. The molecule has 0 spiro atoms. The Hall–Kier alpha value is -3.03. The molecule has 2 aromatic rings. The highest BCUT2D eigenvalue weighted by Gasteiger charge is 2.16. The zero-order chi connectivity index (χ0) is 18.7. The van der Waals surface area contributed by atoms with Crippen LogP contribution >= 0.6 is 0 Å². The minimum atomic E-state index is -0.548. The molecule has 0 fully saturated rings. The smallest absolute Gasteiger partial charge is 0.319 e. The SMILES string of the molecule is Cc1c([C@H](C)NC(=O)Nc2cc(C(N)=O)ccc2N(C)C)cnn1C. The van der Waals surface area contributed by atoms with Crippen molar-refractivity contribution < 1.29 is 9.59 Å². The second kappa shape index (κ2) is 7.25. The summed E-state index contributed by atoms with van der Waals surface area (Å²) in [7, 11) is 5.55. The van der Waals surface area contributed by atoms with Crippen LogP contribution in [-0.4, -0.2) is 35.8 Å². The summed E-state index contributed by atoms with van der Waals surface area (Å²) in [5.41, 5.74) is 8.86. The molecule has 8 heteroatoms. The zero-order valence-electron chi connectivity index (χ0n) is 15.1. The molecule has 0 unspecified atom stereocenters. The maximum Gasteiger partial charge on any atom is 0.319 e. The maximum absolute atomic E-state index is 12.4. The standard InChI is InChI=1S/C17H24N6O2/c1-10(13-9-19-23(5)11(13)2)20-17(25)21-14-8-12(16(18)24)6-7-15(14)22(3)4/h6-10H,1-5H3,(H2,18,24)(H2,20,21,25)/t10-/m0/s1. The van der Waals surface area contributed by atoms with Gasteiger partial charge in [-0.05, 0) is 32.0 Å². The molecule has 8 nitrogen and oxygen atoms in total. The molecule has 1 atom stereocenters. The van der Waals surface area contributed by atoms with Crippen molar-refractivity contribution in [1.82, 2.24) is 15.1 Å². The normalized spacial score (nSPS) is 11.7. The number of urea groups is 1. The van der Waals surface area contributed by atoms with Crippen LogP contribution in [0.5, 0.6) is 0 Å². The number of carbonyl (C=O) groups is 2. The molecule has 0 aliphatic rings. The number of amides is 3. The molecule has 0 aliphatic heterocycles. The number of benzene rings is 1. The minimum absolute atomic E-state index is 0.212. The molecule has 3 amide bonds. The molecule has 134 valence electrons. The summed E-state index contributed by atoms with van der Waals surface area (Å²) >= 11 is 0. The highest BCUT2D eigenvalue weighted by Crippen LogP contribution is 2.26. The lowest BCUT2D eigenvalue weighted by molar-refractivity contribution is 0.100. The van der Waals surface area contributed by atoms with Crippen LogP contribution in [0.25, 0.3) is 0 Å². The number of nitrogens with two attached hydrogens (primary N) is 1. The number of aromatic nitrogens is 2. The Balaban J connectivity index is 2.18. The zero-order valence-corrected chi connectivity index (χ0v) is 15.1. The predicted molar refractivity (Wildman–Crippen MR) is 97.8 cm³/mol. The minimum Gasteiger partial charge on any atom is -0.376 e. The van der Waals surface area contributed by atoms with Crippen LogP contribution in [0.3, 0.4) is 0 Å². The monoisotopic (exact) mass is 344 g/mol. The van der Waals surface area contributed by atoms with Gasteiger partial charge in [-0.1, -0.05) is 0 Å². The van der Waals surface area contributed by atoms with E-state index in [0.29, 0.717) is 11.3 Å². The lowest BCUT2D eigenvalue weighted by Gasteiger charge is -2.20. The Bertz CT molecular complexity index is 796. The van der Waals surface area contributed by atoms with Crippen LogP contribution in [-0.2, 0) is 7.05 Å². The second-order valence-electron chi connectivity index (χ2n) is 6.12. The van der Waals surface area contributed by atoms with Crippen molar-refractivity contribution >= 4 is 23.3 Å². The van der Waals surface area contributed by atoms with E-state index >= 15 is 0 Å². The predicted octanol–water partition coefficient (Wildman–Crippen LogP) is 1.78. The summed E-state index contributed by atoms with van der Waals surface area (Å²) in [6, 6.07) is 4.35. The fourth-order valence-electron chi connectivity index (χ4n) is 2.55. The molecule has 0 aliphatic carbocycles. The van der Waals surface area contributed by atoms with E-state index in [1.54, 1.807) is 29.1 Å². The molecule has 2 rings (SSSR count). The second-order valence-corrected chi connectivity index (χ2v) is 6.12. The Morgan fingerprint density at radius 3 is 2.52 bits per heavy atom. The Morgan fingerprint density at radius 1 is 1.32 bits per heavy atom. The number of nitrogens with zero attached hydrogens (tertiary/aromatic N) is 3. The van der Waals surface area contributed by atoms with Crippen LogP contribution in [0, 0.1) is 6.92 Å². The van der Waals surface area contributed by atoms with Crippen molar-refractivity contribution in [3.8, 4) is 0 Å². The third-order valence-electron chi connectivity index (χ3n) is 4.10. The van der Waals surface area contributed by atoms with Gasteiger partial charge in [-0.25, -0.2) is 4.79 Å². The van der Waals surface area contributed by atoms with Gasteiger partial charge < -0.3 is 21.3 Å². The molecule has 1 heterocycles. The first-order valence-corrected chi connectivity index (χ1v) is 7.88. The number of aryl methyl sites for hydroxylation is 1. The van der Waals surface area contributed by atoms with E-state index in [1.165, 1.54) is 0 Å². The van der Waals surface area contributed by atoms with Gasteiger partial charge in [0, 0.05) is 38.0 Å². The Kier molecular flexibility index (Phi) is 5.31. The fraction of sp³-hybridized carbons (Fsp3) is 0.353. The lowest BCUT2D eigenvalue weighted by atomic mass is 10.1. The summed E-state index contributed by atoms with van der Waals surface area (Å²) in [6.45, 7) is 3.83. The first-order valence-electron chi connectivity index (χ1n) is 7.88. The molecule has 0 radical (unpaired) electrons. The molecule has 0 saturated carbocycles. The maximum atomic E-state index is 12.4. The van der Waals surface area contributed by atoms with E-state index in [4.69, 9.17) is 5.73 Å². The summed E-state index contributed by atoms with van der Waals surface area (Å²) < 4.78 is 1.76. The molecular weight excluding hydrogens is 320 g/mol. The highest BCUT2D eigenvalue weighted by molar-refractivity contribution is 5.98. The average Bonchev–Trinajstić information content (AvgIpc) is 2.86. The van der Waals surface area contributed by atoms with E-state index in [-0.39, 0.29) is 12.1 Å². The van der Waals surface area contributed by atoms with Crippen LogP contribution < -0.4 is 21.3 Å². The third kappa shape index (κ3) is 4.09. The first-order chi connectivity index (χ1) is 11.7. The number of hydrogen-bond acceptors (Lipinski definition) is 4. The van der Waals surface area contributed by atoms with Crippen molar-refractivity contribution in [2.45, 2.75) is 19.9 Å². The van der Waals surface area contributed by atoms with Gasteiger partial charge in [0.15, 0.2) is 0 Å².